The second-order valence-corrected chi connectivity index (χ2v) is 8.11. The normalized spacial score (nSPS) is 11.8. The van der Waals surface area contributed by atoms with Gasteiger partial charge in [0, 0.05) is 17.8 Å². The number of hydrogen-bond acceptors (Lipinski definition) is 4. The summed E-state index contributed by atoms with van der Waals surface area (Å²) in [6, 6.07) is 14.5. The second-order valence-electron chi connectivity index (χ2n) is 6.36. The number of sulfonamides is 1. The summed E-state index contributed by atoms with van der Waals surface area (Å²) in [7, 11) is -1.82. The van der Waals surface area contributed by atoms with E-state index in [1.165, 1.54) is 0 Å². The van der Waals surface area contributed by atoms with Crippen LogP contribution in [-0.4, -0.2) is 27.5 Å². The predicted octanol–water partition coefficient (Wildman–Crippen LogP) is 3.07. The molecule has 28 heavy (non-hydrogen) atoms. The molecule has 0 atom stereocenters. The average molecular weight is 518 g/mol. The SMILES string of the molecule is COc1cccc(NC(N)=NCc2ccccc2CS(=O)(=O)NC(C)C)c1.I. The first-order valence-electron chi connectivity index (χ1n) is 8.57. The lowest BCUT2D eigenvalue weighted by Crippen LogP contribution is -2.31. The van der Waals surface area contributed by atoms with Crippen LogP contribution in [0.1, 0.15) is 25.0 Å². The Balaban J connectivity index is 0.00000392. The molecular weight excluding hydrogens is 491 g/mol. The maximum absolute atomic E-state index is 12.2. The van der Waals surface area contributed by atoms with Crippen LogP contribution in [-0.2, 0) is 22.3 Å². The summed E-state index contributed by atoms with van der Waals surface area (Å²) in [6.07, 6.45) is 0. The molecule has 0 aromatic heterocycles. The quantitative estimate of drug-likeness (QED) is 0.283. The first kappa shape index (κ1) is 24.2. The molecule has 9 heteroatoms. The second kappa shape index (κ2) is 11.2. The summed E-state index contributed by atoms with van der Waals surface area (Å²) in [5, 5.41) is 3.00. The number of anilines is 1. The number of nitrogens with one attached hydrogen (secondary N) is 2. The minimum Gasteiger partial charge on any atom is -0.497 e. The van der Waals surface area contributed by atoms with Gasteiger partial charge in [-0.1, -0.05) is 30.3 Å². The Kier molecular flexibility index (Phi) is 9.70. The van der Waals surface area contributed by atoms with Crippen LogP contribution in [0, 0.1) is 0 Å². The predicted molar refractivity (Wildman–Crippen MR) is 125 cm³/mol. The fourth-order valence-electron chi connectivity index (χ4n) is 2.52. The summed E-state index contributed by atoms with van der Waals surface area (Å²) >= 11 is 0. The number of nitrogens with zero attached hydrogens (tertiary/aromatic N) is 1. The van der Waals surface area contributed by atoms with Crippen LogP contribution >= 0.6 is 24.0 Å². The summed E-state index contributed by atoms with van der Waals surface area (Å²) in [5.41, 5.74) is 8.22. The molecule has 0 unspecified atom stereocenters. The average Bonchev–Trinajstić information content (AvgIpc) is 2.59. The Bertz CT molecular complexity index is 902. The highest BCUT2D eigenvalue weighted by Crippen LogP contribution is 2.17. The van der Waals surface area contributed by atoms with Gasteiger partial charge in [0.1, 0.15) is 5.75 Å². The molecule has 154 valence electrons. The summed E-state index contributed by atoms with van der Waals surface area (Å²) in [5.74, 6) is 0.849. The van der Waals surface area contributed by atoms with Crippen molar-refractivity contribution in [1.82, 2.24) is 4.72 Å². The van der Waals surface area contributed by atoms with E-state index in [1.807, 2.05) is 36.4 Å². The minimum atomic E-state index is -3.41. The van der Waals surface area contributed by atoms with Crippen molar-refractivity contribution in [3.63, 3.8) is 0 Å². The van der Waals surface area contributed by atoms with E-state index in [4.69, 9.17) is 10.5 Å². The van der Waals surface area contributed by atoms with E-state index < -0.39 is 10.0 Å². The molecule has 0 aliphatic carbocycles. The van der Waals surface area contributed by atoms with Crippen molar-refractivity contribution in [1.29, 1.82) is 0 Å². The van der Waals surface area contributed by atoms with E-state index in [0.29, 0.717) is 11.3 Å². The van der Waals surface area contributed by atoms with Crippen LogP contribution < -0.4 is 20.5 Å². The zero-order valence-corrected chi connectivity index (χ0v) is 19.3. The zero-order chi connectivity index (χ0) is 19.9. The minimum absolute atomic E-state index is 0. The van der Waals surface area contributed by atoms with Crippen molar-refractivity contribution < 1.29 is 13.2 Å². The van der Waals surface area contributed by atoms with Crippen molar-refractivity contribution in [3.05, 3.63) is 59.7 Å². The molecule has 2 rings (SSSR count). The van der Waals surface area contributed by atoms with Crippen molar-refractivity contribution in [2.24, 2.45) is 10.7 Å². The van der Waals surface area contributed by atoms with Crippen molar-refractivity contribution >= 4 is 45.6 Å². The first-order chi connectivity index (χ1) is 12.8. The van der Waals surface area contributed by atoms with E-state index in [9.17, 15) is 8.42 Å². The van der Waals surface area contributed by atoms with Gasteiger partial charge in [-0.3, -0.25) is 0 Å². The van der Waals surface area contributed by atoms with Crippen LogP contribution in [0.25, 0.3) is 0 Å². The largest absolute Gasteiger partial charge is 0.497 e. The van der Waals surface area contributed by atoms with Gasteiger partial charge < -0.3 is 15.8 Å². The third-order valence-electron chi connectivity index (χ3n) is 3.64. The molecule has 0 spiro atoms. The molecule has 0 bridgehead atoms. The number of benzene rings is 2. The summed E-state index contributed by atoms with van der Waals surface area (Å²) < 4.78 is 32.2. The van der Waals surface area contributed by atoms with Crippen LogP contribution in [0.4, 0.5) is 5.69 Å². The number of halogens is 1. The lowest BCUT2D eigenvalue weighted by Gasteiger charge is -2.12. The highest BCUT2D eigenvalue weighted by atomic mass is 127. The molecule has 0 aliphatic rings. The number of ether oxygens (including phenoxy) is 1. The van der Waals surface area contributed by atoms with Gasteiger partial charge >= 0.3 is 0 Å². The van der Waals surface area contributed by atoms with Crippen molar-refractivity contribution in [2.75, 3.05) is 12.4 Å². The maximum Gasteiger partial charge on any atom is 0.216 e. The molecule has 0 heterocycles. The fourth-order valence-corrected chi connectivity index (χ4v) is 4.01. The molecule has 0 aliphatic heterocycles. The van der Waals surface area contributed by atoms with Gasteiger partial charge in [0.15, 0.2) is 5.96 Å². The summed E-state index contributed by atoms with van der Waals surface area (Å²) in [4.78, 5) is 4.32. The van der Waals surface area contributed by atoms with Gasteiger partial charge in [-0.15, -0.1) is 24.0 Å². The topological polar surface area (TPSA) is 106 Å². The third-order valence-corrected chi connectivity index (χ3v) is 5.16. The highest BCUT2D eigenvalue weighted by Gasteiger charge is 2.15. The van der Waals surface area contributed by atoms with Crippen LogP contribution in [0.2, 0.25) is 0 Å². The Hall–Kier alpha value is -1.85. The standard InChI is InChI=1S/C19H26N4O3S.HI/c1-14(2)23-27(24,25)13-16-8-5-4-7-15(16)12-21-19(20)22-17-9-6-10-18(11-17)26-3;/h4-11,14,23H,12-13H2,1-3H3,(H3,20,21,22);1H. The van der Waals surface area contributed by atoms with E-state index in [2.05, 4.69) is 15.0 Å². The molecule has 7 nitrogen and oxygen atoms in total. The number of guanidine groups is 1. The Morgan fingerprint density at radius 1 is 1.14 bits per heavy atom. The van der Waals surface area contributed by atoms with E-state index >= 15 is 0 Å². The van der Waals surface area contributed by atoms with E-state index in [1.54, 1.807) is 33.1 Å². The number of hydrogen-bond donors (Lipinski definition) is 3. The van der Waals surface area contributed by atoms with Crippen molar-refractivity contribution in [2.45, 2.75) is 32.2 Å². The molecule has 2 aromatic rings. The molecule has 0 fully saturated rings. The van der Waals surface area contributed by atoms with Gasteiger partial charge in [-0.05, 0) is 37.1 Å². The lowest BCUT2D eigenvalue weighted by atomic mass is 10.1. The molecule has 0 saturated heterocycles. The number of nitrogens with two attached hydrogens (primary N) is 1. The third kappa shape index (κ3) is 8.03. The number of methoxy groups -OCH3 is 1. The van der Waals surface area contributed by atoms with E-state index in [-0.39, 0.29) is 48.3 Å². The Labute approximate surface area is 183 Å². The molecular formula is C19H27IN4O3S. The molecule has 0 amide bonds. The first-order valence-corrected chi connectivity index (χ1v) is 10.2. The Morgan fingerprint density at radius 3 is 2.46 bits per heavy atom. The smallest absolute Gasteiger partial charge is 0.216 e. The molecule has 4 N–H and O–H groups in total. The van der Waals surface area contributed by atoms with Crippen molar-refractivity contribution in [3.8, 4) is 5.75 Å². The Morgan fingerprint density at radius 2 is 1.82 bits per heavy atom. The fraction of sp³-hybridized carbons (Fsp3) is 0.316. The highest BCUT2D eigenvalue weighted by molar-refractivity contribution is 14.0. The maximum atomic E-state index is 12.2. The van der Waals surface area contributed by atoms with E-state index in [0.717, 1.165) is 11.3 Å². The molecule has 2 aromatic carbocycles. The molecule has 0 radical (unpaired) electrons. The summed E-state index contributed by atoms with van der Waals surface area (Å²) in [6.45, 7) is 3.85. The van der Waals surface area contributed by atoms with Crippen LogP contribution in [0.5, 0.6) is 5.75 Å². The monoisotopic (exact) mass is 518 g/mol. The van der Waals surface area contributed by atoms with Gasteiger partial charge in [0.25, 0.3) is 0 Å². The van der Waals surface area contributed by atoms with Gasteiger partial charge in [-0.25, -0.2) is 18.1 Å². The number of aliphatic imine (C=N–C) groups is 1. The molecule has 0 saturated carbocycles. The van der Waals surface area contributed by atoms with Gasteiger partial charge in [0.2, 0.25) is 10.0 Å². The van der Waals surface area contributed by atoms with Gasteiger partial charge in [-0.2, -0.15) is 0 Å². The number of rotatable bonds is 8. The lowest BCUT2D eigenvalue weighted by molar-refractivity contribution is 0.415. The zero-order valence-electron chi connectivity index (χ0n) is 16.2. The van der Waals surface area contributed by atoms with Crippen LogP contribution in [0.15, 0.2) is 53.5 Å². The van der Waals surface area contributed by atoms with Crippen LogP contribution in [0.3, 0.4) is 0 Å². The van der Waals surface area contributed by atoms with Gasteiger partial charge in [0.05, 0.1) is 19.4 Å².